The monoisotopic (exact) mass is 528 g/mol. The highest BCUT2D eigenvalue weighted by Crippen LogP contribution is 2.71. The van der Waals surface area contributed by atoms with Crippen LogP contribution < -0.4 is 0 Å². The van der Waals surface area contributed by atoms with Gasteiger partial charge in [-0.2, -0.15) is 0 Å². The van der Waals surface area contributed by atoms with Crippen molar-refractivity contribution in [2.45, 2.75) is 133 Å². The van der Waals surface area contributed by atoms with E-state index in [1.165, 1.54) is 57.8 Å². The Kier molecular flexibility index (Phi) is 9.76. The van der Waals surface area contributed by atoms with Crippen LogP contribution in [0.1, 0.15) is 127 Å². The summed E-state index contributed by atoms with van der Waals surface area (Å²) >= 11 is 0. The Morgan fingerprint density at radius 2 is 1.63 bits per heavy atom. The molecule has 0 aromatic carbocycles. The second-order valence-electron chi connectivity index (χ2n) is 13.8. The van der Waals surface area contributed by atoms with Crippen molar-refractivity contribution < 1.29 is 14.6 Å². The normalized spacial score (nSPS) is 43.7. The first-order valence-corrected chi connectivity index (χ1v) is 15.8. The van der Waals surface area contributed by atoms with Crippen molar-refractivity contribution in [2.24, 2.45) is 51.8 Å². The molecule has 0 saturated heterocycles. The quantitative estimate of drug-likeness (QED) is 0.225. The fourth-order valence-corrected chi connectivity index (χ4v) is 10.7. The van der Waals surface area contributed by atoms with Crippen molar-refractivity contribution in [3.63, 3.8) is 0 Å². The molecule has 0 radical (unpaired) electrons. The molecule has 0 aliphatic heterocycles. The molecule has 4 saturated carbocycles. The van der Waals surface area contributed by atoms with Crippen LogP contribution in [0.4, 0.5) is 0 Å². The summed E-state index contributed by atoms with van der Waals surface area (Å²) in [5.74, 6) is 3.71. The maximum Gasteiger partial charge on any atom is 0.330 e. The van der Waals surface area contributed by atoms with Gasteiger partial charge in [-0.1, -0.05) is 73.1 Å². The van der Waals surface area contributed by atoms with E-state index in [9.17, 15) is 9.90 Å². The summed E-state index contributed by atoms with van der Waals surface area (Å²) in [4.78, 5) is 12.3. The Morgan fingerprint density at radius 1 is 1.00 bits per heavy atom. The van der Waals surface area contributed by atoms with Gasteiger partial charge in [0.05, 0.1) is 12.7 Å². The minimum atomic E-state index is -0.183. The minimum Gasteiger partial charge on any atom is -0.463 e. The van der Waals surface area contributed by atoms with E-state index >= 15 is 0 Å². The first-order chi connectivity index (χ1) is 17.6. The topological polar surface area (TPSA) is 46.5 Å². The number of carbonyl (C=O) groups excluding carboxylic acids is 1. The van der Waals surface area contributed by atoms with E-state index in [0.717, 1.165) is 18.3 Å². The average molecular weight is 529 g/mol. The van der Waals surface area contributed by atoms with Crippen LogP contribution in [0.25, 0.3) is 0 Å². The predicted octanol–water partition coefficient (Wildman–Crippen LogP) is 9.15. The molecule has 0 heterocycles. The van der Waals surface area contributed by atoms with Crippen LogP contribution in [0.3, 0.4) is 0 Å². The molecule has 0 aromatic rings. The summed E-state index contributed by atoms with van der Waals surface area (Å²) in [6.07, 6.45) is 16.2. The molecule has 0 amide bonds. The van der Waals surface area contributed by atoms with E-state index in [1.54, 1.807) is 17.2 Å². The molecule has 4 fully saturated rings. The molecular formula is C35H60O3. The Balaban J connectivity index is 0.00000130. The highest BCUT2D eigenvalue weighted by molar-refractivity contribution is 5.82. The van der Waals surface area contributed by atoms with Crippen molar-refractivity contribution >= 4 is 5.97 Å². The van der Waals surface area contributed by atoms with Gasteiger partial charge in [0.25, 0.3) is 0 Å². The van der Waals surface area contributed by atoms with E-state index in [4.69, 9.17) is 4.74 Å². The molecule has 38 heavy (non-hydrogen) atoms. The maximum atomic E-state index is 12.3. The van der Waals surface area contributed by atoms with Gasteiger partial charge in [0.1, 0.15) is 0 Å². The fourth-order valence-electron chi connectivity index (χ4n) is 10.7. The number of hydrogen-bond donors (Lipinski definition) is 1. The SMILES string of the molecule is C.CC.CCOC(=O)/C=C/C12CCC(C(C)C)=C1C1CCC3C(C)(CCC4C(C)C(O)CCC43C)C1CC2. The summed E-state index contributed by atoms with van der Waals surface area (Å²) < 4.78 is 5.26. The van der Waals surface area contributed by atoms with E-state index in [0.29, 0.717) is 41.1 Å². The lowest BCUT2D eigenvalue weighted by molar-refractivity contribution is -0.177. The molecule has 0 spiro atoms. The lowest BCUT2D eigenvalue weighted by Crippen LogP contribution is -2.60. The van der Waals surface area contributed by atoms with Gasteiger partial charge in [0.2, 0.25) is 0 Å². The van der Waals surface area contributed by atoms with Gasteiger partial charge in [-0.15, -0.1) is 0 Å². The number of fused-ring (bicyclic) bond motifs is 7. The summed E-state index contributed by atoms with van der Waals surface area (Å²) in [5.41, 5.74) is 4.28. The third kappa shape index (κ3) is 4.86. The molecular weight excluding hydrogens is 468 g/mol. The van der Waals surface area contributed by atoms with Crippen LogP contribution in [0.15, 0.2) is 23.3 Å². The van der Waals surface area contributed by atoms with E-state index < -0.39 is 0 Å². The molecule has 5 aliphatic carbocycles. The Morgan fingerprint density at radius 3 is 2.29 bits per heavy atom. The molecule has 3 heteroatoms. The number of aliphatic hydroxyl groups excluding tert-OH is 1. The van der Waals surface area contributed by atoms with Gasteiger partial charge >= 0.3 is 5.97 Å². The van der Waals surface area contributed by atoms with Crippen LogP contribution >= 0.6 is 0 Å². The highest BCUT2D eigenvalue weighted by Gasteiger charge is 2.63. The van der Waals surface area contributed by atoms with Crippen molar-refractivity contribution in [1.82, 2.24) is 0 Å². The average Bonchev–Trinajstić information content (AvgIpc) is 3.27. The van der Waals surface area contributed by atoms with Crippen molar-refractivity contribution in [1.29, 1.82) is 0 Å². The van der Waals surface area contributed by atoms with Gasteiger partial charge < -0.3 is 9.84 Å². The number of rotatable bonds is 4. The Bertz CT molecular complexity index is 901. The molecule has 3 nitrogen and oxygen atoms in total. The summed E-state index contributed by atoms with van der Waals surface area (Å²) in [7, 11) is 0. The molecule has 9 unspecified atom stereocenters. The standard InChI is InChI=1S/C32H50O3.C2H6.CH4/c1-7-35-28(34)14-19-32-17-10-22(20(2)3)29(32)23-8-9-27-30(5)16-13-26(33)21(4)24(30)11-15-31(27,6)25(23)12-18-32;1-2;/h14,19-21,23-27,33H,7-13,15-18H2,1-6H3;1-2H3;1H4/b19-14+;;. The molecule has 1 N–H and O–H groups in total. The largest absolute Gasteiger partial charge is 0.463 e. The van der Waals surface area contributed by atoms with E-state index in [2.05, 4.69) is 40.7 Å². The molecule has 5 aliphatic rings. The van der Waals surface area contributed by atoms with Crippen LogP contribution in [-0.4, -0.2) is 23.8 Å². The van der Waals surface area contributed by atoms with Gasteiger partial charge in [-0.05, 0) is 117 Å². The smallest absolute Gasteiger partial charge is 0.330 e. The third-order valence-electron chi connectivity index (χ3n) is 12.3. The zero-order valence-corrected chi connectivity index (χ0v) is 25.2. The first kappa shape index (κ1) is 31.4. The summed E-state index contributed by atoms with van der Waals surface area (Å²) in [6, 6.07) is 0. The van der Waals surface area contributed by atoms with Gasteiger partial charge in [0.15, 0.2) is 0 Å². The van der Waals surface area contributed by atoms with Crippen LogP contribution in [-0.2, 0) is 9.53 Å². The molecule has 9 atom stereocenters. The number of ether oxygens (including phenoxy) is 1. The second kappa shape index (κ2) is 11.8. The van der Waals surface area contributed by atoms with E-state index in [-0.39, 0.29) is 24.9 Å². The second-order valence-corrected chi connectivity index (χ2v) is 13.8. The van der Waals surface area contributed by atoms with Crippen molar-refractivity contribution in [3.8, 4) is 0 Å². The molecule has 5 rings (SSSR count). The summed E-state index contributed by atoms with van der Waals surface area (Å²) in [6.45, 7) is 18.7. The molecule has 218 valence electrons. The lowest BCUT2D eigenvalue weighted by Gasteiger charge is -2.67. The van der Waals surface area contributed by atoms with E-state index in [1.807, 2.05) is 20.8 Å². The third-order valence-corrected chi connectivity index (χ3v) is 12.3. The Hall–Kier alpha value is -1.09. The first-order valence-electron chi connectivity index (χ1n) is 15.8. The van der Waals surface area contributed by atoms with Crippen LogP contribution in [0.2, 0.25) is 0 Å². The number of carbonyl (C=O) groups is 1. The van der Waals surface area contributed by atoms with Crippen LogP contribution in [0, 0.1) is 51.8 Å². The zero-order valence-electron chi connectivity index (χ0n) is 25.2. The lowest BCUT2D eigenvalue weighted by atomic mass is 9.38. The zero-order chi connectivity index (χ0) is 27.2. The Labute approximate surface area is 235 Å². The van der Waals surface area contributed by atoms with Crippen molar-refractivity contribution in [3.05, 3.63) is 23.3 Å². The number of allylic oxidation sites excluding steroid dienone is 3. The predicted molar refractivity (Wildman–Crippen MR) is 160 cm³/mol. The highest BCUT2D eigenvalue weighted by atomic mass is 16.5. The number of hydrogen-bond acceptors (Lipinski definition) is 3. The molecule has 0 bridgehead atoms. The van der Waals surface area contributed by atoms with Gasteiger partial charge in [-0.3, -0.25) is 0 Å². The summed E-state index contributed by atoms with van der Waals surface area (Å²) in [5, 5.41) is 10.7. The van der Waals surface area contributed by atoms with Gasteiger partial charge in [0, 0.05) is 11.5 Å². The van der Waals surface area contributed by atoms with Gasteiger partial charge in [-0.25, -0.2) is 4.79 Å². The molecule has 0 aromatic heterocycles. The number of aliphatic hydroxyl groups is 1. The van der Waals surface area contributed by atoms with Crippen LogP contribution in [0.5, 0.6) is 0 Å². The maximum absolute atomic E-state index is 12.3. The fraction of sp³-hybridized carbons (Fsp3) is 0.857. The minimum absolute atomic E-state index is 0. The van der Waals surface area contributed by atoms with Crippen molar-refractivity contribution in [2.75, 3.05) is 6.61 Å². The number of esters is 1.